The number of rotatable bonds is 5. The molecule has 0 spiro atoms. The zero-order chi connectivity index (χ0) is 17.0. The minimum Gasteiger partial charge on any atom is -0.325 e. The van der Waals surface area contributed by atoms with Gasteiger partial charge in [-0.1, -0.05) is 30.8 Å². The summed E-state index contributed by atoms with van der Waals surface area (Å²) in [5.74, 6) is -0.210. The van der Waals surface area contributed by atoms with Gasteiger partial charge >= 0.3 is 5.69 Å². The highest BCUT2D eigenvalue weighted by atomic mass is 32.2. The topological polar surface area (TPSA) is 108 Å². The van der Waals surface area contributed by atoms with Gasteiger partial charge in [-0.15, -0.1) is 0 Å². The van der Waals surface area contributed by atoms with E-state index in [9.17, 15) is 14.4 Å². The van der Waals surface area contributed by atoms with E-state index in [4.69, 9.17) is 0 Å². The van der Waals surface area contributed by atoms with Crippen molar-refractivity contribution in [2.24, 2.45) is 0 Å². The van der Waals surface area contributed by atoms with Gasteiger partial charge in [-0.3, -0.25) is 14.6 Å². The van der Waals surface area contributed by atoms with Gasteiger partial charge in [0.25, 0.3) is 5.56 Å². The van der Waals surface area contributed by atoms with Crippen LogP contribution in [0.2, 0.25) is 0 Å². The highest BCUT2D eigenvalue weighted by Gasteiger charge is 2.21. The molecule has 2 rings (SSSR count). The first-order valence-electron chi connectivity index (χ1n) is 7.15. The number of hydrogen-bond donors (Lipinski definition) is 3. The molecule has 0 saturated carbocycles. The van der Waals surface area contributed by atoms with Crippen molar-refractivity contribution in [2.75, 3.05) is 5.32 Å². The largest absolute Gasteiger partial charge is 0.342 e. The van der Waals surface area contributed by atoms with Gasteiger partial charge in [-0.2, -0.15) is 5.10 Å². The van der Waals surface area contributed by atoms with E-state index in [1.54, 1.807) is 0 Å². The fourth-order valence-corrected chi connectivity index (χ4v) is 2.83. The van der Waals surface area contributed by atoms with E-state index >= 15 is 0 Å². The number of aryl methyl sites for hydroxylation is 1. The Kier molecular flexibility index (Phi) is 5.38. The minimum absolute atomic E-state index is 0.0626. The molecule has 0 saturated heterocycles. The van der Waals surface area contributed by atoms with Crippen molar-refractivity contribution in [2.45, 2.75) is 37.5 Å². The SMILES string of the molecule is CC[C@H](Sc1n[nH]c(=O)[nH]c1=O)C(=O)Nc1cccc(C)c1C. The summed E-state index contributed by atoms with van der Waals surface area (Å²) >= 11 is 1.02. The molecule has 0 aliphatic rings. The van der Waals surface area contributed by atoms with E-state index in [0.717, 1.165) is 28.6 Å². The van der Waals surface area contributed by atoms with Gasteiger partial charge in [0.15, 0.2) is 5.03 Å². The molecule has 1 aromatic heterocycles. The third-order valence-corrected chi connectivity index (χ3v) is 4.79. The van der Waals surface area contributed by atoms with Gasteiger partial charge in [0.05, 0.1) is 5.25 Å². The third kappa shape index (κ3) is 4.10. The van der Waals surface area contributed by atoms with Crippen molar-refractivity contribution in [1.82, 2.24) is 15.2 Å². The Labute approximate surface area is 136 Å². The van der Waals surface area contributed by atoms with E-state index in [0.29, 0.717) is 6.42 Å². The number of anilines is 1. The van der Waals surface area contributed by atoms with Crippen molar-refractivity contribution < 1.29 is 4.79 Å². The van der Waals surface area contributed by atoms with Crippen LogP contribution in [0, 0.1) is 13.8 Å². The lowest BCUT2D eigenvalue weighted by atomic mass is 10.1. The average molecular weight is 334 g/mol. The number of hydrogen-bond acceptors (Lipinski definition) is 5. The first kappa shape index (κ1) is 17.0. The number of amides is 1. The summed E-state index contributed by atoms with van der Waals surface area (Å²) in [4.78, 5) is 37.2. The molecule has 1 heterocycles. The maximum absolute atomic E-state index is 12.4. The van der Waals surface area contributed by atoms with Crippen LogP contribution in [0.4, 0.5) is 5.69 Å². The zero-order valence-corrected chi connectivity index (χ0v) is 13.9. The number of benzene rings is 1. The summed E-state index contributed by atoms with van der Waals surface area (Å²) in [6.07, 6.45) is 0.515. The van der Waals surface area contributed by atoms with Crippen LogP contribution in [-0.4, -0.2) is 26.3 Å². The van der Waals surface area contributed by atoms with Crippen LogP contribution < -0.4 is 16.6 Å². The second-order valence-electron chi connectivity index (χ2n) is 5.06. The van der Waals surface area contributed by atoms with Crippen LogP contribution in [0.25, 0.3) is 0 Å². The van der Waals surface area contributed by atoms with Crippen molar-refractivity contribution >= 4 is 23.4 Å². The van der Waals surface area contributed by atoms with Crippen molar-refractivity contribution in [1.29, 1.82) is 0 Å². The highest BCUT2D eigenvalue weighted by molar-refractivity contribution is 8.00. The van der Waals surface area contributed by atoms with E-state index in [2.05, 4.69) is 20.5 Å². The molecule has 1 atom stereocenters. The lowest BCUT2D eigenvalue weighted by Crippen LogP contribution is -2.29. The number of aromatic nitrogens is 3. The van der Waals surface area contributed by atoms with Crippen molar-refractivity contribution in [3.8, 4) is 0 Å². The Morgan fingerprint density at radius 3 is 2.74 bits per heavy atom. The average Bonchev–Trinajstić information content (AvgIpc) is 2.51. The van der Waals surface area contributed by atoms with Crippen molar-refractivity contribution in [3.63, 3.8) is 0 Å². The van der Waals surface area contributed by atoms with Gasteiger partial charge in [-0.05, 0) is 37.5 Å². The Balaban J connectivity index is 2.17. The number of nitrogens with one attached hydrogen (secondary N) is 3. The lowest BCUT2D eigenvalue weighted by Gasteiger charge is -2.15. The number of aromatic amines is 2. The van der Waals surface area contributed by atoms with E-state index in [-0.39, 0.29) is 10.9 Å². The van der Waals surface area contributed by atoms with Crippen LogP contribution >= 0.6 is 11.8 Å². The second-order valence-corrected chi connectivity index (χ2v) is 6.25. The van der Waals surface area contributed by atoms with Crippen LogP contribution in [0.1, 0.15) is 24.5 Å². The molecule has 0 fully saturated rings. The lowest BCUT2D eigenvalue weighted by molar-refractivity contribution is -0.115. The summed E-state index contributed by atoms with van der Waals surface area (Å²) in [7, 11) is 0. The fourth-order valence-electron chi connectivity index (χ4n) is 1.97. The standard InChI is InChI=1S/C15H18N4O3S/c1-4-11(23-14-13(21)17-15(22)19-18-14)12(20)16-10-7-5-6-8(2)9(10)3/h5-7,11H,4H2,1-3H3,(H,16,20)(H2,17,19,21,22)/t11-/m0/s1. The molecule has 2 aromatic rings. The summed E-state index contributed by atoms with van der Waals surface area (Å²) in [5, 5.41) is 8.30. The molecule has 7 nitrogen and oxygen atoms in total. The first-order valence-corrected chi connectivity index (χ1v) is 8.03. The number of carbonyl (C=O) groups excluding carboxylic acids is 1. The van der Waals surface area contributed by atoms with E-state index in [1.807, 2.05) is 39.0 Å². The Morgan fingerprint density at radius 2 is 2.09 bits per heavy atom. The van der Waals surface area contributed by atoms with Crippen molar-refractivity contribution in [3.05, 3.63) is 50.2 Å². The molecule has 0 unspecified atom stereocenters. The fraction of sp³-hybridized carbons (Fsp3) is 0.333. The normalized spacial score (nSPS) is 12.0. The maximum atomic E-state index is 12.4. The number of carbonyl (C=O) groups is 1. The zero-order valence-electron chi connectivity index (χ0n) is 13.1. The second kappa shape index (κ2) is 7.28. The quantitative estimate of drug-likeness (QED) is 0.720. The molecular weight excluding hydrogens is 316 g/mol. The van der Waals surface area contributed by atoms with Crippen LogP contribution in [0.5, 0.6) is 0 Å². The molecule has 122 valence electrons. The van der Waals surface area contributed by atoms with Gasteiger partial charge in [-0.25, -0.2) is 9.89 Å². The molecule has 0 radical (unpaired) electrons. The number of thioether (sulfide) groups is 1. The third-order valence-electron chi connectivity index (χ3n) is 3.46. The van der Waals surface area contributed by atoms with E-state index < -0.39 is 16.5 Å². The molecule has 0 bridgehead atoms. The van der Waals surface area contributed by atoms with Crippen LogP contribution in [0.3, 0.4) is 0 Å². The first-order chi connectivity index (χ1) is 10.9. The molecule has 8 heteroatoms. The minimum atomic E-state index is -0.674. The van der Waals surface area contributed by atoms with Crippen LogP contribution in [-0.2, 0) is 4.79 Å². The smallest absolute Gasteiger partial charge is 0.325 e. The summed E-state index contributed by atoms with van der Waals surface area (Å²) < 4.78 is 0. The molecule has 1 amide bonds. The van der Waals surface area contributed by atoms with E-state index in [1.165, 1.54) is 0 Å². The van der Waals surface area contributed by atoms with Gasteiger partial charge in [0.2, 0.25) is 5.91 Å². The summed E-state index contributed by atoms with van der Waals surface area (Å²) in [6.45, 7) is 5.76. The Hall–Kier alpha value is -2.35. The molecular formula is C15H18N4O3S. The predicted molar refractivity (Wildman–Crippen MR) is 90.0 cm³/mol. The Bertz CT molecular complexity index is 828. The number of nitrogens with zero attached hydrogens (tertiary/aromatic N) is 1. The van der Waals surface area contributed by atoms with Gasteiger partial charge in [0.1, 0.15) is 0 Å². The molecule has 0 aliphatic carbocycles. The molecule has 3 N–H and O–H groups in total. The monoisotopic (exact) mass is 334 g/mol. The summed E-state index contributed by atoms with van der Waals surface area (Å²) in [5.41, 5.74) is 1.56. The maximum Gasteiger partial charge on any atom is 0.342 e. The van der Waals surface area contributed by atoms with Gasteiger partial charge in [0, 0.05) is 5.69 Å². The van der Waals surface area contributed by atoms with Gasteiger partial charge < -0.3 is 5.32 Å². The summed E-state index contributed by atoms with van der Waals surface area (Å²) in [6, 6.07) is 5.68. The Morgan fingerprint density at radius 1 is 1.35 bits per heavy atom. The molecule has 23 heavy (non-hydrogen) atoms. The highest BCUT2D eigenvalue weighted by Crippen LogP contribution is 2.23. The molecule has 1 aromatic carbocycles. The predicted octanol–water partition coefficient (Wildman–Crippen LogP) is 1.58. The van der Waals surface area contributed by atoms with Crippen LogP contribution in [0.15, 0.2) is 32.8 Å². The number of H-pyrrole nitrogens is 2. The molecule has 0 aliphatic heterocycles.